The van der Waals surface area contributed by atoms with Crippen LogP contribution in [0.2, 0.25) is 0 Å². The van der Waals surface area contributed by atoms with Gasteiger partial charge in [0.2, 0.25) is 10.0 Å². The van der Waals surface area contributed by atoms with Gasteiger partial charge in [-0.15, -0.1) is 0 Å². The predicted molar refractivity (Wildman–Crippen MR) is 119 cm³/mol. The molecule has 0 bridgehead atoms. The van der Waals surface area contributed by atoms with Crippen LogP contribution in [0.1, 0.15) is 15.9 Å². The van der Waals surface area contributed by atoms with Crippen LogP contribution in [0.25, 0.3) is 0 Å². The summed E-state index contributed by atoms with van der Waals surface area (Å²) in [5.74, 6) is 0.624. The molecular formula is C21H28N4O6S. The fourth-order valence-electron chi connectivity index (χ4n) is 3.26. The van der Waals surface area contributed by atoms with Crippen molar-refractivity contribution in [1.29, 1.82) is 0 Å². The van der Waals surface area contributed by atoms with Crippen molar-refractivity contribution >= 4 is 21.7 Å². The number of ether oxygens (including phenoxy) is 3. The lowest BCUT2D eigenvalue weighted by Gasteiger charge is -2.26. The highest BCUT2D eigenvalue weighted by Crippen LogP contribution is 2.35. The molecule has 1 saturated heterocycles. The van der Waals surface area contributed by atoms with Gasteiger partial charge in [-0.3, -0.25) is 4.79 Å². The van der Waals surface area contributed by atoms with Crippen LogP contribution >= 0.6 is 0 Å². The first-order chi connectivity index (χ1) is 15.3. The molecular weight excluding hydrogens is 436 g/mol. The van der Waals surface area contributed by atoms with Crippen molar-refractivity contribution in [3.63, 3.8) is 0 Å². The van der Waals surface area contributed by atoms with Crippen LogP contribution in [0.5, 0.6) is 11.5 Å². The summed E-state index contributed by atoms with van der Waals surface area (Å²) >= 11 is 0. The van der Waals surface area contributed by atoms with E-state index in [2.05, 4.69) is 10.3 Å². The Bertz CT molecular complexity index is 1050. The maximum Gasteiger partial charge on any atom is 0.255 e. The molecule has 0 aliphatic carbocycles. The molecule has 0 spiro atoms. The molecule has 1 fully saturated rings. The molecule has 0 atom stereocenters. The number of hydrogen-bond donors (Lipinski definition) is 1. The third-order valence-corrected chi connectivity index (χ3v) is 6.90. The van der Waals surface area contributed by atoms with E-state index in [1.54, 1.807) is 6.20 Å². The van der Waals surface area contributed by atoms with E-state index in [1.165, 1.54) is 30.7 Å². The van der Waals surface area contributed by atoms with Gasteiger partial charge in [0.05, 0.1) is 37.9 Å². The summed E-state index contributed by atoms with van der Waals surface area (Å²) in [6.45, 7) is 1.34. The number of morpholine rings is 1. The van der Waals surface area contributed by atoms with Gasteiger partial charge in [-0.25, -0.2) is 13.4 Å². The van der Waals surface area contributed by atoms with Crippen LogP contribution in [-0.2, 0) is 21.3 Å². The number of amides is 1. The highest BCUT2D eigenvalue weighted by molar-refractivity contribution is 7.89. The second-order valence-corrected chi connectivity index (χ2v) is 9.26. The SMILES string of the molecule is COc1cc(S(=O)(=O)N2CCOCC2)cc(C(=O)NCc2ccc(N(C)C)nc2)c1OC. The molecule has 1 N–H and O–H groups in total. The molecule has 1 amide bonds. The van der Waals surface area contributed by atoms with Crippen molar-refractivity contribution in [3.8, 4) is 11.5 Å². The number of sulfonamides is 1. The third-order valence-electron chi connectivity index (χ3n) is 5.03. The third kappa shape index (κ3) is 5.12. The topological polar surface area (TPSA) is 110 Å². The minimum Gasteiger partial charge on any atom is -0.493 e. The molecule has 2 heterocycles. The fraction of sp³-hybridized carbons (Fsp3) is 0.429. The molecule has 10 nitrogen and oxygen atoms in total. The lowest BCUT2D eigenvalue weighted by atomic mass is 10.1. The van der Waals surface area contributed by atoms with Crippen molar-refractivity contribution in [2.24, 2.45) is 0 Å². The van der Waals surface area contributed by atoms with Gasteiger partial charge < -0.3 is 24.4 Å². The number of benzene rings is 1. The number of carbonyl (C=O) groups excluding carboxylic acids is 1. The Morgan fingerprint density at radius 3 is 2.47 bits per heavy atom. The zero-order chi connectivity index (χ0) is 23.3. The van der Waals surface area contributed by atoms with Crippen molar-refractivity contribution in [2.75, 3.05) is 59.5 Å². The van der Waals surface area contributed by atoms with Gasteiger partial charge >= 0.3 is 0 Å². The number of nitrogens with zero attached hydrogens (tertiary/aromatic N) is 3. The van der Waals surface area contributed by atoms with Crippen molar-refractivity contribution < 1.29 is 27.4 Å². The van der Waals surface area contributed by atoms with Crippen LogP contribution in [0.3, 0.4) is 0 Å². The molecule has 1 aromatic heterocycles. The maximum absolute atomic E-state index is 13.1. The lowest BCUT2D eigenvalue weighted by molar-refractivity contribution is 0.0730. The summed E-state index contributed by atoms with van der Waals surface area (Å²) in [6, 6.07) is 6.39. The van der Waals surface area contributed by atoms with Crippen LogP contribution in [0.4, 0.5) is 5.82 Å². The number of rotatable bonds is 8. The summed E-state index contributed by atoms with van der Waals surface area (Å²) in [6.07, 6.45) is 1.67. The summed E-state index contributed by atoms with van der Waals surface area (Å²) in [5, 5.41) is 2.79. The smallest absolute Gasteiger partial charge is 0.255 e. The second kappa shape index (κ2) is 10.2. The lowest BCUT2D eigenvalue weighted by Crippen LogP contribution is -2.40. The normalized spacial score (nSPS) is 14.6. The number of carbonyl (C=O) groups is 1. The van der Waals surface area contributed by atoms with Gasteiger partial charge in [-0.2, -0.15) is 4.31 Å². The Kier molecular flexibility index (Phi) is 7.54. The second-order valence-electron chi connectivity index (χ2n) is 7.32. The van der Waals surface area contributed by atoms with Crippen molar-refractivity contribution in [2.45, 2.75) is 11.4 Å². The Balaban J connectivity index is 1.88. The number of anilines is 1. The minimum atomic E-state index is -3.83. The van der Waals surface area contributed by atoms with Crippen LogP contribution in [-0.4, -0.2) is 78.2 Å². The van der Waals surface area contributed by atoms with E-state index in [-0.39, 0.29) is 41.6 Å². The average molecular weight is 465 g/mol. The summed E-state index contributed by atoms with van der Waals surface area (Å²) in [4.78, 5) is 19.1. The highest BCUT2D eigenvalue weighted by Gasteiger charge is 2.30. The molecule has 0 saturated carbocycles. The standard InChI is InChI=1S/C21H28N4O6S/c1-24(2)19-6-5-15(13-22-19)14-23-21(26)17-11-16(12-18(29-3)20(17)30-4)32(27,28)25-7-9-31-10-8-25/h5-6,11-13H,7-10,14H2,1-4H3,(H,23,26). The molecule has 0 unspecified atom stereocenters. The average Bonchev–Trinajstić information content (AvgIpc) is 2.82. The molecule has 1 aliphatic rings. The van der Waals surface area contributed by atoms with Crippen molar-refractivity contribution in [1.82, 2.24) is 14.6 Å². The van der Waals surface area contributed by atoms with Crippen LogP contribution < -0.4 is 19.7 Å². The van der Waals surface area contributed by atoms with Crippen LogP contribution in [0.15, 0.2) is 35.4 Å². The van der Waals surface area contributed by atoms with E-state index in [0.29, 0.717) is 13.2 Å². The van der Waals surface area contributed by atoms with E-state index < -0.39 is 15.9 Å². The van der Waals surface area contributed by atoms with E-state index in [4.69, 9.17) is 14.2 Å². The van der Waals surface area contributed by atoms with E-state index in [9.17, 15) is 13.2 Å². The van der Waals surface area contributed by atoms with E-state index in [0.717, 1.165) is 11.4 Å². The van der Waals surface area contributed by atoms with E-state index >= 15 is 0 Å². The molecule has 3 rings (SSSR count). The molecule has 174 valence electrons. The number of pyridine rings is 1. The quantitative estimate of drug-likeness (QED) is 0.619. The Hall–Kier alpha value is -2.89. The Labute approximate surface area is 188 Å². The first-order valence-electron chi connectivity index (χ1n) is 10.0. The summed E-state index contributed by atoms with van der Waals surface area (Å²) in [7, 11) is 2.74. The predicted octanol–water partition coefficient (Wildman–Crippen LogP) is 1.12. The van der Waals surface area contributed by atoms with Gasteiger partial charge in [0.25, 0.3) is 5.91 Å². The Morgan fingerprint density at radius 1 is 1.19 bits per heavy atom. The first-order valence-corrected chi connectivity index (χ1v) is 11.5. The number of aromatic nitrogens is 1. The summed E-state index contributed by atoms with van der Waals surface area (Å²) in [5.41, 5.74) is 0.864. The van der Waals surface area contributed by atoms with Gasteiger partial charge in [0, 0.05) is 46.0 Å². The van der Waals surface area contributed by atoms with Gasteiger partial charge in [-0.05, 0) is 17.7 Å². The molecule has 11 heteroatoms. The largest absolute Gasteiger partial charge is 0.493 e. The van der Waals surface area contributed by atoms with Gasteiger partial charge in [0.1, 0.15) is 5.82 Å². The molecule has 0 radical (unpaired) electrons. The zero-order valence-corrected chi connectivity index (χ0v) is 19.4. The number of nitrogens with one attached hydrogen (secondary N) is 1. The molecule has 1 aromatic carbocycles. The molecule has 2 aromatic rings. The van der Waals surface area contributed by atoms with Gasteiger partial charge in [0.15, 0.2) is 11.5 Å². The van der Waals surface area contributed by atoms with Gasteiger partial charge in [-0.1, -0.05) is 6.07 Å². The first kappa shape index (κ1) is 23.8. The maximum atomic E-state index is 13.1. The fourth-order valence-corrected chi connectivity index (χ4v) is 4.71. The van der Waals surface area contributed by atoms with Crippen molar-refractivity contribution in [3.05, 3.63) is 41.6 Å². The zero-order valence-electron chi connectivity index (χ0n) is 18.6. The Morgan fingerprint density at radius 2 is 1.91 bits per heavy atom. The minimum absolute atomic E-state index is 0.0424. The molecule has 32 heavy (non-hydrogen) atoms. The monoisotopic (exact) mass is 464 g/mol. The summed E-state index contributed by atoms with van der Waals surface area (Å²) < 4.78 is 43.5. The number of methoxy groups -OCH3 is 2. The highest BCUT2D eigenvalue weighted by atomic mass is 32.2. The van der Waals surface area contributed by atoms with Crippen LogP contribution in [0, 0.1) is 0 Å². The van der Waals surface area contributed by atoms with E-state index in [1.807, 2.05) is 31.1 Å². The number of hydrogen-bond acceptors (Lipinski definition) is 8. The molecule has 1 aliphatic heterocycles.